The number of nitrogens with one attached hydrogen (secondary N) is 2. The molecule has 1 atom stereocenters. The average molecular weight is 511 g/mol. The van der Waals surface area contributed by atoms with Gasteiger partial charge in [0.05, 0.1) is 12.9 Å². The molecule has 8 heteroatoms. The standard InChI is InChI=1S/C19H33N3O3S.HI/c1-5-20-19(22-16(2)13-15-26(4,23)24)21-14-7-6-8-17-9-11-18(25-3)12-10-17;/h9-12,16H,5-8,13-15H2,1-4H3,(H2,20,21,22);1H. The third-order valence-electron chi connectivity index (χ3n) is 3.95. The molecule has 0 aliphatic rings. The summed E-state index contributed by atoms with van der Waals surface area (Å²) in [5, 5.41) is 6.48. The highest BCUT2D eigenvalue weighted by Crippen LogP contribution is 2.13. The van der Waals surface area contributed by atoms with Crippen molar-refractivity contribution in [2.45, 2.75) is 45.6 Å². The van der Waals surface area contributed by atoms with E-state index < -0.39 is 9.84 Å². The third kappa shape index (κ3) is 12.9. The number of ether oxygens (including phenoxy) is 1. The number of hydrogen-bond acceptors (Lipinski definition) is 4. The Morgan fingerprint density at radius 2 is 1.89 bits per heavy atom. The number of aliphatic imine (C=N–C) groups is 1. The third-order valence-corrected chi connectivity index (χ3v) is 4.93. The fourth-order valence-electron chi connectivity index (χ4n) is 2.44. The van der Waals surface area contributed by atoms with Crippen LogP contribution in [0, 0.1) is 0 Å². The molecule has 0 bridgehead atoms. The minimum absolute atomic E-state index is 0. The van der Waals surface area contributed by atoms with Crippen molar-refractivity contribution in [3.8, 4) is 5.75 Å². The molecule has 1 rings (SSSR count). The second-order valence-corrected chi connectivity index (χ2v) is 8.79. The molecule has 0 aromatic heterocycles. The van der Waals surface area contributed by atoms with Gasteiger partial charge in [0.1, 0.15) is 15.6 Å². The van der Waals surface area contributed by atoms with E-state index >= 15 is 0 Å². The van der Waals surface area contributed by atoms with Gasteiger partial charge in [-0.25, -0.2) is 8.42 Å². The van der Waals surface area contributed by atoms with Crippen LogP contribution < -0.4 is 15.4 Å². The Bertz CT molecular complexity index is 649. The van der Waals surface area contributed by atoms with Crippen LogP contribution in [0.25, 0.3) is 0 Å². The molecule has 0 aliphatic carbocycles. The van der Waals surface area contributed by atoms with Gasteiger partial charge in [0.15, 0.2) is 5.96 Å². The molecule has 1 unspecified atom stereocenters. The molecule has 0 amide bonds. The molecule has 1 aromatic carbocycles. The summed E-state index contributed by atoms with van der Waals surface area (Å²) in [4.78, 5) is 4.58. The van der Waals surface area contributed by atoms with Crippen LogP contribution >= 0.6 is 24.0 Å². The summed E-state index contributed by atoms with van der Waals surface area (Å²) < 4.78 is 27.7. The maximum atomic E-state index is 11.3. The predicted octanol–water partition coefficient (Wildman–Crippen LogP) is 3.01. The van der Waals surface area contributed by atoms with Crippen molar-refractivity contribution in [3.05, 3.63) is 29.8 Å². The highest BCUT2D eigenvalue weighted by atomic mass is 127. The Kier molecular flexibility index (Phi) is 13.5. The van der Waals surface area contributed by atoms with Gasteiger partial charge >= 0.3 is 0 Å². The molecule has 0 spiro atoms. The van der Waals surface area contributed by atoms with Crippen LogP contribution in [0.1, 0.15) is 38.7 Å². The van der Waals surface area contributed by atoms with Gasteiger partial charge in [0.2, 0.25) is 0 Å². The van der Waals surface area contributed by atoms with E-state index in [4.69, 9.17) is 4.74 Å². The predicted molar refractivity (Wildman–Crippen MR) is 124 cm³/mol. The number of unbranched alkanes of at least 4 members (excludes halogenated alkanes) is 1. The van der Waals surface area contributed by atoms with Gasteiger partial charge in [-0.3, -0.25) is 4.99 Å². The van der Waals surface area contributed by atoms with Crippen molar-refractivity contribution < 1.29 is 13.2 Å². The molecule has 0 radical (unpaired) electrons. The molecule has 0 aliphatic heterocycles. The highest BCUT2D eigenvalue weighted by Gasteiger charge is 2.09. The lowest BCUT2D eigenvalue weighted by Gasteiger charge is -2.17. The van der Waals surface area contributed by atoms with Crippen LogP contribution in [0.4, 0.5) is 0 Å². The van der Waals surface area contributed by atoms with Crippen LogP contribution in [0.15, 0.2) is 29.3 Å². The fraction of sp³-hybridized carbons (Fsp3) is 0.632. The van der Waals surface area contributed by atoms with Crippen molar-refractivity contribution in [2.75, 3.05) is 32.2 Å². The Hall–Kier alpha value is -1.03. The van der Waals surface area contributed by atoms with E-state index in [9.17, 15) is 8.42 Å². The number of hydrogen-bond donors (Lipinski definition) is 2. The van der Waals surface area contributed by atoms with Gasteiger partial charge in [-0.1, -0.05) is 12.1 Å². The Labute approximate surface area is 181 Å². The zero-order valence-electron chi connectivity index (χ0n) is 16.8. The number of guanidine groups is 1. The van der Waals surface area contributed by atoms with E-state index in [1.54, 1.807) is 7.11 Å². The largest absolute Gasteiger partial charge is 0.497 e. The minimum atomic E-state index is -2.93. The van der Waals surface area contributed by atoms with E-state index in [2.05, 4.69) is 27.8 Å². The molecule has 27 heavy (non-hydrogen) atoms. The molecule has 2 N–H and O–H groups in total. The first-order valence-corrected chi connectivity index (χ1v) is 11.3. The zero-order valence-corrected chi connectivity index (χ0v) is 20.0. The summed E-state index contributed by atoms with van der Waals surface area (Å²) in [7, 11) is -1.26. The molecule has 0 fully saturated rings. The number of benzene rings is 1. The molecule has 1 aromatic rings. The molecule has 6 nitrogen and oxygen atoms in total. The van der Waals surface area contributed by atoms with Crippen LogP contribution in [-0.4, -0.2) is 52.6 Å². The molecule has 0 heterocycles. The Morgan fingerprint density at radius 1 is 1.22 bits per heavy atom. The number of halogens is 1. The van der Waals surface area contributed by atoms with Gasteiger partial charge in [0, 0.05) is 25.4 Å². The van der Waals surface area contributed by atoms with Crippen molar-refractivity contribution in [3.63, 3.8) is 0 Å². The normalized spacial score (nSPS) is 12.8. The lowest BCUT2D eigenvalue weighted by Crippen LogP contribution is -2.42. The quantitative estimate of drug-likeness (QED) is 0.207. The number of sulfone groups is 1. The van der Waals surface area contributed by atoms with Crippen molar-refractivity contribution >= 4 is 39.8 Å². The second-order valence-electron chi connectivity index (χ2n) is 6.53. The Balaban J connectivity index is 0.00000676. The zero-order chi connectivity index (χ0) is 19.4. The maximum absolute atomic E-state index is 11.3. The van der Waals surface area contributed by atoms with Gasteiger partial charge in [-0.05, 0) is 57.2 Å². The van der Waals surface area contributed by atoms with Crippen molar-refractivity contribution in [1.29, 1.82) is 0 Å². The first-order chi connectivity index (χ1) is 12.3. The Morgan fingerprint density at radius 3 is 2.44 bits per heavy atom. The van der Waals surface area contributed by atoms with E-state index in [0.29, 0.717) is 6.42 Å². The van der Waals surface area contributed by atoms with Gasteiger partial charge in [-0.15, -0.1) is 24.0 Å². The second kappa shape index (κ2) is 14.0. The van der Waals surface area contributed by atoms with Gasteiger partial charge in [-0.2, -0.15) is 0 Å². The van der Waals surface area contributed by atoms with Crippen molar-refractivity contribution in [1.82, 2.24) is 10.6 Å². The van der Waals surface area contributed by atoms with Crippen LogP contribution in [0.3, 0.4) is 0 Å². The lowest BCUT2D eigenvalue weighted by molar-refractivity contribution is 0.414. The van der Waals surface area contributed by atoms with Crippen LogP contribution in [0.2, 0.25) is 0 Å². The summed E-state index contributed by atoms with van der Waals surface area (Å²) in [6.07, 6.45) is 4.93. The highest BCUT2D eigenvalue weighted by molar-refractivity contribution is 14.0. The summed E-state index contributed by atoms with van der Waals surface area (Å²) in [5.74, 6) is 1.81. The summed E-state index contributed by atoms with van der Waals surface area (Å²) in [6, 6.07) is 8.22. The summed E-state index contributed by atoms with van der Waals surface area (Å²) in [5.41, 5.74) is 1.30. The monoisotopic (exact) mass is 511 g/mol. The number of methoxy groups -OCH3 is 1. The number of nitrogens with zero attached hydrogens (tertiary/aromatic N) is 1. The first-order valence-electron chi connectivity index (χ1n) is 9.19. The van der Waals surface area contributed by atoms with Crippen LogP contribution in [0.5, 0.6) is 5.75 Å². The summed E-state index contributed by atoms with van der Waals surface area (Å²) >= 11 is 0. The number of rotatable bonds is 11. The van der Waals surface area contributed by atoms with E-state index in [-0.39, 0.29) is 35.8 Å². The SMILES string of the molecule is CCNC(=NCCCCc1ccc(OC)cc1)NC(C)CCS(C)(=O)=O.I. The minimum Gasteiger partial charge on any atom is -0.497 e. The fourth-order valence-corrected chi connectivity index (χ4v) is 3.22. The molecule has 156 valence electrons. The van der Waals surface area contributed by atoms with E-state index in [1.165, 1.54) is 11.8 Å². The molecular formula is C19H34IN3O3S. The smallest absolute Gasteiger partial charge is 0.191 e. The molecule has 0 saturated heterocycles. The van der Waals surface area contributed by atoms with E-state index in [1.807, 2.05) is 26.0 Å². The maximum Gasteiger partial charge on any atom is 0.191 e. The molecular weight excluding hydrogens is 477 g/mol. The first kappa shape index (κ1) is 26.0. The van der Waals surface area contributed by atoms with Gasteiger partial charge < -0.3 is 15.4 Å². The topological polar surface area (TPSA) is 79.8 Å². The average Bonchev–Trinajstić information content (AvgIpc) is 2.60. The van der Waals surface area contributed by atoms with Crippen molar-refractivity contribution in [2.24, 2.45) is 4.99 Å². The molecule has 0 saturated carbocycles. The number of aryl methyl sites for hydroxylation is 1. The lowest BCUT2D eigenvalue weighted by atomic mass is 10.1. The summed E-state index contributed by atoms with van der Waals surface area (Å²) in [6.45, 7) is 5.50. The van der Waals surface area contributed by atoms with Crippen LogP contribution in [-0.2, 0) is 16.3 Å². The van der Waals surface area contributed by atoms with Gasteiger partial charge in [0.25, 0.3) is 0 Å². The van der Waals surface area contributed by atoms with E-state index in [0.717, 1.165) is 44.1 Å².